The van der Waals surface area contributed by atoms with Gasteiger partial charge >= 0.3 is 0 Å². The van der Waals surface area contributed by atoms with Gasteiger partial charge in [0.05, 0.1) is 0 Å². The highest BCUT2D eigenvalue weighted by molar-refractivity contribution is 5.82. The van der Waals surface area contributed by atoms with Crippen LogP contribution in [0.15, 0.2) is 66.7 Å². The molecule has 0 aromatic heterocycles. The second-order valence-electron chi connectivity index (χ2n) is 6.18. The minimum absolute atomic E-state index is 0.132. The van der Waals surface area contributed by atoms with Crippen LogP contribution in [0.1, 0.15) is 24.0 Å². The van der Waals surface area contributed by atoms with Gasteiger partial charge in [0.2, 0.25) is 0 Å². The van der Waals surface area contributed by atoms with E-state index < -0.39 is 0 Å². The average Bonchev–Trinajstić information content (AvgIpc) is 2.59. The molecule has 1 aliphatic rings. The predicted molar refractivity (Wildman–Crippen MR) is 94.9 cm³/mol. The Morgan fingerprint density at radius 1 is 1.00 bits per heavy atom. The van der Waals surface area contributed by atoms with E-state index in [4.69, 9.17) is 0 Å². The lowest BCUT2D eigenvalue weighted by Gasteiger charge is -2.31. The third-order valence-corrected chi connectivity index (χ3v) is 4.39. The largest absolute Gasteiger partial charge is 0.299 e. The van der Waals surface area contributed by atoms with Crippen LogP contribution >= 0.6 is 0 Å². The van der Waals surface area contributed by atoms with Crippen molar-refractivity contribution in [2.24, 2.45) is 5.92 Å². The standard InChI is InChI=1S/C21H23NO/c23-21-14-15-22(16-19-10-5-2-6-11-19)17-20(21)13-7-12-18-8-3-1-4-9-18/h1-12,20H,13-17H2/b12-7+. The fraction of sp³-hybridized carbons (Fsp3) is 0.286. The van der Waals surface area contributed by atoms with Crippen molar-refractivity contribution in [3.63, 3.8) is 0 Å². The SMILES string of the molecule is O=C1CCN(Cc2ccccc2)CC1C/C=C/c1ccccc1. The van der Waals surface area contributed by atoms with Crippen molar-refractivity contribution in [2.75, 3.05) is 13.1 Å². The average molecular weight is 305 g/mol. The number of carbonyl (C=O) groups is 1. The molecule has 0 aliphatic carbocycles. The zero-order valence-electron chi connectivity index (χ0n) is 13.4. The van der Waals surface area contributed by atoms with Gasteiger partial charge in [-0.25, -0.2) is 0 Å². The minimum atomic E-state index is 0.132. The molecule has 0 spiro atoms. The molecule has 1 fully saturated rings. The smallest absolute Gasteiger partial charge is 0.138 e. The molecule has 2 aromatic carbocycles. The summed E-state index contributed by atoms with van der Waals surface area (Å²) in [5, 5.41) is 0. The van der Waals surface area contributed by atoms with Gasteiger partial charge in [-0.2, -0.15) is 0 Å². The molecule has 1 saturated heterocycles. The number of hydrogen-bond acceptors (Lipinski definition) is 2. The Morgan fingerprint density at radius 2 is 1.70 bits per heavy atom. The summed E-state index contributed by atoms with van der Waals surface area (Å²) in [5.74, 6) is 0.541. The lowest BCUT2D eigenvalue weighted by atomic mass is 9.92. The maximum atomic E-state index is 12.2. The van der Waals surface area contributed by atoms with E-state index in [-0.39, 0.29) is 5.92 Å². The first-order valence-electron chi connectivity index (χ1n) is 8.32. The van der Waals surface area contributed by atoms with E-state index in [0.717, 1.165) is 26.1 Å². The summed E-state index contributed by atoms with van der Waals surface area (Å²) in [6.07, 6.45) is 5.77. The first-order chi connectivity index (χ1) is 11.3. The van der Waals surface area contributed by atoms with E-state index in [2.05, 4.69) is 53.5 Å². The Morgan fingerprint density at radius 3 is 2.43 bits per heavy atom. The van der Waals surface area contributed by atoms with Crippen LogP contribution in [-0.4, -0.2) is 23.8 Å². The zero-order valence-corrected chi connectivity index (χ0v) is 13.4. The molecule has 0 bridgehead atoms. The highest BCUT2D eigenvalue weighted by Crippen LogP contribution is 2.19. The van der Waals surface area contributed by atoms with E-state index in [1.165, 1.54) is 11.1 Å². The number of benzene rings is 2. The molecule has 118 valence electrons. The van der Waals surface area contributed by atoms with Crippen molar-refractivity contribution < 1.29 is 4.79 Å². The molecule has 1 atom stereocenters. The number of rotatable bonds is 5. The Hall–Kier alpha value is -2.19. The Balaban J connectivity index is 1.56. The summed E-state index contributed by atoms with van der Waals surface area (Å²) in [7, 11) is 0. The van der Waals surface area contributed by atoms with Crippen LogP contribution in [0, 0.1) is 5.92 Å². The van der Waals surface area contributed by atoms with Gasteiger partial charge in [-0.3, -0.25) is 9.69 Å². The molecule has 3 rings (SSSR count). The molecule has 1 heterocycles. The topological polar surface area (TPSA) is 20.3 Å². The predicted octanol–water partition coefficient (Wildman–Crippen LogP) is 4.18. The molecule has 23 heavy (non-hydrogen) atoms. The van der Waals surface area contributed by atoms with E-state index in [1.54, 1.807) is 0 Å². The van der Waals surface area contributed by atoms with Crippen LogP contribution in [0.3, 0.4) is 0 Å². The van der Waals surface area contributed by atoms with E-state index in [0.29, 0.717) is 12.2 Å². The number of carbonyl (C=O) groups excluding carboxylic acids is 1. The third-order valence-electron chi connectivity index (χ3n) is 4.39. The summed E-state index contributed by atoms with van der Waals surface area (Å²) in [4.78, 5) is 14.6. The first kappa shape index (κ1) is 15.7. The number of likely N-dealkylation sites (tertiary alicyclic amines) is 1. The Bertz CT molecular complexity index is 648. The van der Waals surface area contributed by atoms with Gasteiger partial charge < -0.3 is 0 Å². The molecule has 0 amide bonds. The lowest BCUT2D eigenvalue weighted by Crippen LogP contribution is -2.40. The van der Waals surface area contributed by atoms with Crippen molar-refractivity contribution in [1.82, 2.24) is 4.90 Å². The minimum Gasteiger partial charge on any atom is -0.299 e. The molecular formula is C21H23NO. The van der Waals surface area contributed by atoms with Crippen LogP contribution in [0.25, 0.3) is 6.08 Å². The maximum absolute atomic E-state index is 12.2. The quantitative estimate of drug-likeness (QED) is 0.826. The van der Waals surface area contributed by atoms with Crippen molar-refractivity contribution in [2.45, 2.75) is 19.4 Å². The molecule has 0 saturated carbocycles. The van der Waals surface area contributed by atoms with Gasteiger partial charge in [-0.05, 0) is 17.5 Å². The monoisotopic (exact) mass is 305 g/mol. The van der Waals surface area contributed by atoms with Crippen molar-refractivity contribution >= 4 is 11.9 Å². The number of allylic oxidation sites excluding steroid dienone is 1. The highest BCUT2D eigenvalue weighted by Gasteiger charge is 2.25. The number of nitrogens with zero attached hydrogens (tertiary/aromatic N) is 1. The third kappa shape index (κ3) is 4.64. The summed E-state index contributed by atoms with van der Waals surface area (Å²) < 4.78 is 0. The second kappa shape index (κ2) is 7.89. The molecule has 2 aromatic rings. The maximum Gasteiger partial charge on any atom is 0.138 e. The molecule has 1 aliphatic heterocycles. The van der Waals surface area contributed by atoms with Gasteiger partial charge in [-0.15, -0.1) is 0 Å². The fourth-order valence-electron chi connectivity index (χ4n) is 3.10. The van der Waals surface area contributed by atoms with Crippen LogP contribution in [0.4, 0.5) is 0 Å². The highest BCUT2D eigenvalue weighted by atomic mass is 16.1. The van der Waals surface area contributed by atoms with E-state index >= 15 is 0 Å². The number of piperidine rings is 1. The van der Waals surface area contributed by atoms with Gasteiger partial charge in [0.25, 0.3) is 0 Å². The summed E-state index contributed by atoms with van der Waals surface area (Å²) in [6, 6.07) is 20.8. The van der Waals surface area contributed by atoms with Crippen LogP contribution in [0.2, 0.25) is 0 Å². The zero-order chi connectivity index (χ0) is 15.9. The normalized spacial score (nSPS) is 19.3. The van der Waals surface area contributed by atoms with Gasteiger partial charge in [0.15, 0.2) is 0 Å². The van der Waals surface area contributed by atoms with Crippen LogP contribution in [0.5, 0.6) is 0 Å². The van der Waals surface area contributed by atoms with Gasteiger partial charge in [0.1, 0.15) is 5.78 Å². The molecular weight excluding hydrogens is 282 g/mol. The lowest BCUT2D eigenvalue weighted by molar-refractivity contribution is -0.126. The van der Waals surface area contributed by atoms with Crippen molar-refractivity contribution in [3.8, 4) is 0 Å². The summed E-state index contributed by atoms with van der Waals surface area (Å²) in [6.45, 7) is 2.69. The molecule has 2 nitrogen and oxygen atoms in total. The fourth-order valence-corrected chi connectivity index (χ4v) is 3.10. The number of hydrogen-bond donors (Lipinski definition) is 0. The number of Topliss-reactive ketones (excluding diaryl/α,β-unsaturated/α-hetero) is 1. The van der Waals surface area contributed by atoms with Gasteiger partial charge in [0, 0.05) is 32.0 Å². The Labute approximate surface area is 138 Å². The van der Waals surface area contributed by atoms with E-state index in [9.17, 15) is 4.79 Å². The summed E-state index contributed by atoms with van der Waals surface area (Å²) >= 11 is 0. The molecule has 0 radical (unpaired) electrons. The van der Waals surface area contributed by atoms with Crippen molar-refractivity contribution in [3.05, 3.63) is 77.9 Å². The molecule has 1 unspecified atom stereocenters. The van der Waals surface area contributed by atoms with Crippen molar-refractivity contribution in [1.29, 1.82) is 0 Å². The van der Waals surface area contributed by atoms with E-state index in [1.807, 2.05) is 24.3 Å². The van der Waals surface area contributed by atoms with Crippen LogP contribution in [-0.2, 0) is 11.3 Å². The summed E-state index contributed by atoms with van der Waals surface area (Å²) in [5.41, 5.74) is 2.51. The molecule has 2 heteroatoms. The first-order valence-corrected chi connectivity index (χ1v) is 8.32. The Kier molecular flexibility index (Phi) is 5.38. The van der Waals surface area contributed by atoms with Gasteiger partial charge in [-0.1, -0.05) is 72.8 Å². The number of ketones is 1. The second-order valence-corrected chi connectivity index (χ2v) is 6.18. The molecule has 0 N–H and O–H groups in total. The van der Waals surface area contributed by atoms with Crippen LogP contribution < -0.4 is 0 Å².